The molecule has 0 aliphatic carbocycles. The molecule has 0 bridgehead atoms. The smallest absolute Gasteiger partial charge is 0.248 e. The van der Waals surface area contributed by atoms with Gasteiger partial charge in [0.1, 0.15) is 5.69 Å². The van der Waals surface area contributed by atoms with Crippen molar-refractivity contribution >= 4 is 22.7 Å². The molecule has 34 heavy (non-hydrogen) atoms. The Balaban J connectivity index is 1.51. The highest BCUT2D eigenvalue weighted by molar-refractivity contribution is 6.02. The van der Waals surface area contributed by atoms with Crippen LogP contribution in [0.25, 0.3) is 33.8 Å². The van der Waals surface area contributed by atoms with Crippen LogP contribution in [0.2, 0.25) is 0 Å². The molecule has 0 spiro atoms. The summed E-state index contributed by atoms with van der Waals surface area (Å²) >= 11 is 0. The van der Waals surface area contributed by atoms with Crippen molar-refractivity contribution in [1.82, 2.24) is 45.0 Å². The van der Waals surface area contributed by atoms with Crippen molar-refractivity contribution in [3.8, 4) is 22.9 Å². The first-order valence-electron chi connectivity index (χ1n) is 11.2. The number of aromatic nitrogens is 7. The monoisotopic (exact) mass is 462 g/mol. The second kappa shape index (κ2) is 8.71. The van der Waals surface area contributed by atoms with Crippen molar-refractivity contribution in [1.29, 1.82) is 0 Å². The average molecular weight is 463 g/mol. The van der Waals surface area contributed by atoms with Gasteiger partial charge in [0.2, 0.25) is 11.8 Å². The van der Waals surface area contributed by atoms with E-state index in [1.165, 1.54) is 0 Å². The van der Waals surface area contributed by atoms with Gasteiger partial charge in [-0.2, -0.15) is 15.3 Å². The van der Waals surface area contributed by atoms with Gasteiger partial charge in [0, 0.05) is 42.7 Å². The number of H-pyrrole nitrogens is 1. The number of aryl methyl sites for hydroxylation is 2. The number of piperazine rings is 1. The fourth-order valence-electron chi connectivity index (χ4n) is 4.28. The molecule has 4 N–H and O–H groups in total. The van der Waals surface area contributed by atoms with Crippen LogP contribution in [0.15, 0.2) is 24.4 Å². The SMILES string of the molecule is CCn1nc(C)cc1-c1n[nH]c(-c2cc(C(N)=O)cc3c2cnn3CCN2CCNC(=O)C2)n1. The number of primary amides is 1. The number of carbonyl (C=O) groups excluding carboxylic acids is 2. The van der Waals surface area contributed by atoms with Crippen molar-refractivity contribution in [2.24, 2.45) is 5.73 Å². The summed E-state index contributed by atoms with van der Waals surface area (Å²) in [4.78, 5) is 30.5. The second-order valence-electron chi connectivity index (χ2n) is 8.31. The van der Waals surface area contributed by atoms with Gasteiger partial charge in [0.05, 0.1) is 30.5 Å². The lowest BCUT2D eigenvalue weighted by atomic mass is 10.0. The van der Waals surface area contributed by atoms with Crippen molar-refractivity contribution in [3.05, 3.63) is 35.7 Å². The topological polar surface area (TPSA) is 153 Å². The van der Waals surface area contributed by atoms with Gasteiger partial charge >= 0.3 is 0 Å². The Morgan fingerprint density at radius 2 is 2.06 bits per heavy atom. The van der Waals surface area contributed by atoms with E-state index >= 15 is 0 Å². The van der Waals surface area contributed by atoms with Crippen molar-refractivity contribution < 1.29 is 9.59 Å². The van der Waals surface area contributed by atoms with Crippen LogP contribution in [-0.4, -0.2) is 77.6 Å². The van der Waals surface area contributed by atoms with Crippen LogP contribution in [0.3, 0.4) is 0 Å². The lowest BCUT2D eigenvalue weighted by Crippen LogP contribution is -2.48. The molecule has 0 unspecified atom stereocenters. The van der Waals surface area contributed by atoms with Crippen LogP contribution in [0.5, 0.6) is 0 Å². The summed E-state index contributed by atoms with van der Waals surface area (Å²) in [6, 6.07) is 5.38. The van der Waals surface area contributed by atoms with Crippen molar-refractivity contribution in [2.45, 2.75) is 26.9 Å². The van der Waals surface area contributed by atoms with Gasteiger partial charge in [-0.1, -0.05) is 0 Å². The Labute approximate surface area is 195 Å². The van der Waals surface area contributed by atoms with E-state index in [0.717, 1.165) is 28.8 Å². The molecule has 1 fully saturated rings. The number of amides is 2. The number of nitrogens with zero attached hydrogens (tertiary/aromatic N) is 7. The highest BCUT2D eigenvalue weighted by Gasteiger charge is 2.20. The summed E-state index contributed by atoms with van der Waals surface area (Å²) in [5.74, 6) is 0.515. The number of fused-ring (bicyclic) bond motifs is 1. The minimum Gasteiger partial charge on any atom is -0.366 e. The van der Waals surface area contributed by atoms with E-state index in [0.29, 0.717) is 55.5 Å². The summed E-state index contributed by atoms with van der Waals surface area (Å²) in [5.41, 5.74) is 9.14. The number of carbonyl (C=O) groups is 2. The summed E-state index contributed by atoms with van der Waals surface area (Å²) in [5, 5.41) is 20.0. The van der Waals surface area contributed by atoms with Gasteiger partial charge in [0.15, 0.2) is 11.6 Å². The third-order valence-corrected chi connectivity index (χ3v) is 5.96. The molecular formula is C22H26N10O2. The molecule has 0 radical (unpaired) electrons. The minimum absolute atomic E-state index is 0.0237. The molecule has 1 aliphatic heterocycles. The number of hydrogen-bond acceptors (Lipinski definition) is 7. The molecule has 1 aromatic carbocycles. The second-order valence-corrected chi connectivity index (χ2v) is 8.31. The highest BCUT2D eigenvalue weighted by Crippen LogP contribution is 2.29. The first kappa shape index (κ1) is 21.8. The fourth-order valence-corrected chi connectivity index (χ4v) is 4.28. The average Bonchev–Trinajstić information content (AvgIpc) is 3.55. The molecule has 4 heterocycles. The van der Waals surface area contributed by atoms with E-state index in [2.05, 4.69) is 30.6 Å². The Hall–Kier alpha value is -4.06. The van der Waals surface area contributed by atoms with Crippen molar-refractivity contribution in [2.75, 3.05) is 26.2 Å². The third kappa shape index (κ3) is 4.03. The number of nitrogens with two attached hydrogens (primary N) is 1. The van der Waals surface area contributed by atoms with Gasteiger partial charge in [-0.25, -0.2) is 4.98 Å². The summed E-state index contributed by atoms with van der Waals surface area (Å²) in [6.45, 7) is 7.64. The lowest BCUT2D eigenvalue weighted by molar-refractivity contribution is -0.124. The van der Waals surface area contributed by atoms with Crippen LogP contribution in [0.4, 0.5) is 0 Å². The zero-order valence-electron chi connectivity index (χ0n) is 19.1. The molecule has 0 atom stereocenters. The molecule has 3 aromatic heterocycles. The minimum atomic E-state index is -0.539. The predicted molar refractivity (Wildman–Crippen MR) is 125 cm³/mol. The predicted octanol–water partition coefficient (Wildman–Crippen LogP) is 0.544. The van der Waals surface area contributed by atoms with Crippen LogP contribution < -0.4 is 11.1 Å². The molecule has 1 saturated heterocycles. The largest absolute Gasteiger partial charge is 0.366 e. The zero-order chi connectivity index (χ0) is 23.8. The number of hydrogen-bond donors (Lipinski definition) is 3. The van der Waals surface area contributed by atoms with E-state index in [1.54, 1.807) is 18.3 Å². The molecule has 2 amide bonds. The standard InChI is InChI=1S/C22H26N10O2/c1-3-31-18(8-13(2)29-31)22-26-21(27-28-22)15-9-14(20(23)34)10-17-16(15)11-25-32(17)7-6-30-5-4-24-19(33)12-30/h8-11H,3-7,12H2,1-2H3,(H2,23,34)(H,24,33)(H,26,27,28). The molecule has 1 aliphatic rings. The fraction of sp³-hybridized carbons (Fsp3) is 0.364. The molecule has 0 saturated carbocycles. The first-order valence-corrected chi connectivity index (χ1v) is 11.2. The Morgan fingerprint density at radius 3 is 2.82 bits per heavy atom. The molecule has 12 heteroatoms. The maximum atomic E-state index is 12.1. The Bertz CT molecular complexity index is 1380. The van der Waals surface area contributed by atoms with Gasteiger partial charge < -0.3 is 11.1 Å². The summed E-state index contributed by atoms with van der Waals surface area (Å²) in [7, 11) is 0. The number of aromatic amines is 1. The number of benzene rings is 1. The van der Waals surface area contributed by atoms with Gasteiger partial charge in [-0.3, -0.25) is 29.0 Å². The van der Waals surface area contributed by atoms with Crippen LogP contribution in [0, 0.1) is 6.92 Å². The molecular weight excluding hydrogens is 436 g/mol. The Morgan fingerprint density at radius 1 is 1.21 bits per heavy atom. The van der Waals surface area contributed by atoms with Crippen molar-refractivity contribution in [3.63, 3.8) is 0 Å². The zero-order valence-corrected chi connectivity index (χ0v) is 19.1. The van der Waals surface area contributed by atoms with E-state index in [4.69, 9.17) is 10.7 Å². The summed E-state index contributed by atoms with van der Waals surface area (Å²) in [6.07, 6.45) is 1.75. The first-order chi connectivity index (χ1) is 16.4. The molecule has 5 rings (SSSR count). The Kier molecular flexibility index (Phi) is 5.57. The van der Waals surface area contributed by atoms with Crippen LogP contribution in [-0.2, 0) is 17.9 Å². The number of rotatable bonds is 7. The molecule has 4 aromatic rings. The van der Waals surface area contributed by atoms with E-state index in [9.17, 15) is 9.59 Å². The third-order valence-electron chi connectivity index (χ3n) is 5.96. The van der Waals surface area contributed by atoms with Crippen LogP contribution in [0.1, 0.15) is 23.0 Å². The van der Waals surface area contributed by atoms with Crippen LogP contribution >= 0.6 is 0 Å². The normalized spacial score (nSPS) is 14.6. The molecule has 12 nitrogen and oxygen atoms in total. The van der Waals surface area contributed by atoms with Gasteiger partial charge in [0.25, 0.3) is 0 Å². The lowest BCUT2D eigenvalue weighted by Gasteiger charge is -2.26. The van der Waals surface area contributed by atoms with Gasteiger partial charge in [-0.05, 0) is 32.0 Å². The van der Waals surface area contributed by atoms with E-state index in [1.807, 2.05) is 29.3 Å². The molecule has 176 valence electrons. The van der Waals surface area contributed by atoms with E-state index < -0.39 is 5.91 Å². The number of nitrogens with one attached hydrogen (secondary N) is 2. The maximum Gasteiger partial charge on any atom is 0.248 e. The van der Waals surface area contributed by atoms with E-state index in [-0.39, 0.29) is 5.91 Å². The summed E-state index contributed by atoms with van der Waals surface area (Å²) < 4.78 is 3.67. The highest BCUT2D eigenvalue weighted by atomic mass is 16.2. The maximum absolute atomic E-state index is 12.1. The quantitative estimate of drug-likeness (QED) is 0.362. The van der Waals surface area contributed by atoms with Gasteiger partial charge in [-0.15, -0.1) is 0 Å².